The van der Waals surface area contributed by atoms with Crippen molar-refractivity contribution in [2.75, 3.05) is 21.3 Å². The molecular formula is C21H25N5O5. The summed E-state index contributed by atoms with van der Waals surface area (Å²) in [7, 11) is 4.79. The molecule has 0 spiro atoms. The molecule has 1 fully saturated rings. The van der Waals surface area contributed by atoms with E-state index in [0.717, 1.165) is 6.42 Å². The molecule has 1 aromatic carbocycles. The summed E-state index contributed by atoms with van der Waals surface area (Å²) in [6.07, 6.45) is 3.73. The van der Waals surface area contributed by atoms with Crippen molar-refractivity contribution in [3.8, 4) is 34.5 Å². The summed E-state index contributed by atoms with van der Waals surface area (Å²) in [6, 6.07) is 5.27. The van der Waals surface area contributed by atoms with Gasteiger partial charge in [-0.15, -0.1) is 10.2 Å². The van der Waals surface area contributed by atoms with Gasteiger partial charge in [0, 0.05) is 6.42 Å². The van der Waals surface area contributed by atoms with Crippen molar-refractivity contribution in [1.29, 1.82) is 0 Å². The summed E-state index contributed by atoms with van der Waals surface area (Å²) in [6.45, 7) is 0.329. The molecule has 1 aliphatic rings. The molecule has 0 aliphatic heterocycles. The van der Waals surface area contributed by atoms with Crippen molar-refractivity contribution in [3.05, 3.63) is 40.3 Å². The quantitative estimate of drug-likeness (QED) is 0.528. The predicted molar refractivity (Wildman–Crippen MR) is 112 cm³/mol. The third kappa shape index (κ3) is 4.11. The lowest BCUT2D eigenvalue weighted by Crippen LogP contribution is -2.20. The van der Waals surface area contributed by atoms with E-state index in [2.05, 4.69) is 20.5 Å². The number of nitrogens with one attached hydrogen (secondary N) is 1. The van der Waals surface area contributed by atoms with Crippen LogP contribution in [0.2, 0.25) is 0 Å². The molecule has 0 atom stereocenters. The summed E-state index contributed by atoms with van der Waals surface area (Å²) in [4.78, 5) is 17.2. The van der Waals surface area contributed by atoms with Crippen molar-refractivity contribution in [2.24, 2.45) is 5.92 Å². The molecule has 0 bridgehead atoms. The Balaban J connectivity index is 1.94. The van der Waals surface area contributed by atoms with Crippen LogP contribution in [0.25, 0.3) is 17.1 Å². The molecule has 1 saturated carbocycles. The first-order valence-corrected chi connectivity index (χ1v) is 10.1. The van der Waals surface area contributed by atoms with Crippen LogP contribution in [0.4, 0.5) is 0 Å². The Morgan fingerprint density at radius 1 is 1.23 bits per heavy atom. The maximum Gasteiger partial charge on any atom is 0.289 e. The molecule has 0 amide bonds. The van der Waals surface area contributed by atoms with E-state index >= 15 is 0 Å². The molecule has 164 valence electrons. The van der Waals surface area contributed by atoms with Gasteiger partial charge in [-0.25, -0.2) is 0 Å². The number of hydrogen-bond donors (Lipinski definition) is 2. The third-order valence-corrected chi connectivity index (χ3v) is 5.25. The molecule has 2 heterocycles. The maximum atomic E-state index is 12.9. The minimum Gasteiger partial charge on any atom is -0.494 e. The fraction of sp³-hybridized carbons (Fsp3) is 0.429. The first kappa shape index (κ1) is 20.9. The van der Waals surface area contributed by atoms with E-state index in [4.69, 9.17) is 13.9 Å². The summed E-state index contributed by atoms with van der Waals surface area (Å²) >= 11 is 0. The van der Waals surface area contributed by atoms with Crippen molar-refractivity contribution >= 4 is 0 Å². The summed E-state index contributed by atoms with van der Waals surface area (Å²) in [5.74, 6) is 1.78. The molecular weight excluding hydrogens is 402 g/mol. The number of benzene rings is 1. The lowest BCUT2D eigenvalue weighted by Gasteiger charge is -2.20. The first-order valence-electron chi connectivity index (χ1n) is 10.1. The van der Waals surface area contributed by atoms with Crippen LogP contribution in [0.3, 0.4) is 0 Å². The van der Waals surface area contributed by atoms with E-state index in [-0.39, 0.29) is 23.2 Å². The second-order valence-electron chi connectivity index (χ2n) is 7.39. The van der Waals surface area contributed by atoms with Crippen LogP contribution in [0.1, 0.15) is 31.0 Å². The molecule has 10 nitrogen and oxygen atoms in total. The summed E-state index contributed by atoms with van der Waals surface area (Å²) < 4.78 is 18.1. The van der Waals surface area contributed by atoms with Gasteiger partial charge >= 0.3 is 0 Å². The SMILES string of the molecule is CNCc1nnc(-c2c(O)n(-c3c(OC)cccc3OC)c(CCC3CC3)nc2=O)o1. The van der Waals surface area contributed by atoms with Crippen LogP contribution in [-0.4, -0.2) is 46.1 Å². The van der Waals surface area contributed by atoms with Crippen molar-refractivity contribution in [1.82, 2.24) is 25.1 Å². The molecule has 3 aromatic rings. The molecule has 0 unspecified atom stereocenters. The number of rotatable bonds is 9. The third-order valence-electron chi connectivity index (χ3n) is 5.25. The van der Waals surface area contributed by atoms with Gasteiger partial charge in [0.05, 0.1) is 20.8 Å². The van der Waals surface area contributed by atoms with Crippen LogP contribution in [0.5, 0.6) is 17.4 Å². The van der Waals surface area contributed by atoms with Crippen LogP contribution in [0, 0.1) is 5.92 Å². The van der Waals surface area contributed by atoms with Gasteiger partial charge in [-0.05, 0) is 31.5 Å². The number of aromatic hydroxyl groups is 1. The van der Waals surface area contributed by atoms with Gasteiger partial charge in [0.1, 0.15) is 23.0 Å². The molecule has 4 rings (SSSR count). The van der Waals surface area contributed by atoms with Gasteiger partial charge in [-0.2, -0.15) is 4.98 Å². The maximum absolute atomic E-state index is 12.9. The molecule has 31 heavy (non-hydrogen) atoms. The van der Waals surface area contributed by atoms with Gasteiger partial charge < -0.3 is 24.3 Å². The molecule has 0 radical (unpaired) electrons. The Hall–Kier alpha value is -3.40. The number of methoxy groups -OCH3 is 2. The molecule has 1 aliphatic carbocycles. The zero-order valence-corrected chi connectivity index (χ0v) is 17.7. The van der Waals surface area contributed by atoms with E-state index in [0.29, 0.717) is 41.9 Å². The standard InChI is InChI=1S/C21H25N5O5/c1-22-11-16-24-25-20(31-16)17-19(27)23-15(10-9-12-7-8-12)26(21(17)28)18-13(29-2)5-4-6-14(18)30-3/h4-6,12,22,28H,7-11H2,1-3H3. The van der Waals surface area contributed by atoms with Crippen LogP contribution in [0.15, 0.2) is 27.4 Å². The van der Waals surface area contributed by atoms with E-state index in [9.17, 15) is 9.90 Å². The lowest BCUT2D eigenvalue weighted by molar-refractivity contribution is 0.379. The Bertz CT molecular complexity index is 1110. The van der Waals surface area contributed by atoms with Gasteiger partial charge in [0.15, 0.2) is 5.56 Å². The number of nitrogens with zero attached hydrogens (tertiary/aromatic N) is 4. The van der Waals surface area contributed by atoms with Gasteiger partial charge in [-0.3, -0.25) is 9.36 Å². The zero-order valence-electron chi connectivity index (χ0n) is 17.7. The molecule has 0 saturated heterocycles. The Kier molecular flexibility index (Phi) is 5.90. The van der Waals surface area contributed by atoms with Crippen molar-refractivity contribution in [2.45, 2.75) is 32.2 Å². The highest BCUT2D eigenvalue weighted by atomic mass is 16.5. The second-order valence-corrected chi connectivity index (χ2v) is 7.39. The summed E-state index contributed by atoms with van der Waals surface area (Å²) in [5.41, 5.74) is -0.356. The van der Waals surface area contributed by atoms with E-state index < -0.39 is 5.56 Å². The van der Waals surface area contributed by atoms with Crippen LogP contribution >= 0.6 is 0 Å². The number of para-hydroxylation sites is 1. The lowest BCUT2D eigenvalue weighted by atomic mass is 10.1. The van der Waals surface area contributed by atoms with Gasteiger partial charge in [-0.1, -0.05) is 18.9 Å². The highest BCUT2D eigenvalue weighted by molar-refractivity contribution is 5.65. The van der Waals surface area contributed by atoms with E-state index in [1.807, 2.05) is 0 Å². The van der Waals surface area contributed by atoms with Gasteiger partial charge in [0.25, 0.3) is 11.4 Å². The molecule has 2 N–H and O–H groups in total. The Morgan fingerprint density at radius 3 is 2.55 bits per heavy atom. The minimum absolute atomic E-state index is 0.100. The smallest absolute Gasteiger partial charge is 0.289 e. The highest BCUT2D eigenvalue weighted by Crippen LogP contribution is 2.39. The van der Waals surface area contributed by atoms with E-state index in [1.54, 1.807) is 25.2 Å². The molecule has 2 aromatic heterocycles. The zero-order chi connectivity index (χ0) is 22.0. The molecule has 10 heteroatoms. The highest BCUT2D eigenvalue weighted by Gasteiger charge is 2.28. The average Bonchev–Trinajstić information content (AvgIpc) is 3.49. The average molecular weight is 427 g/mol. The number of aromatic nitrogens is 4. The number of ether oxygens (including phenoxy) is 2. The Labute approximate surface area is 178 Å². The number of hydrogen-bond acceptors (Lipinski definition) is 9. The van der Waals surface area contributed by atoms with Crippen LogP contribution in [-0.2, 0) is 13.0 Å². The topological polar surface area (TPSA) is 125 Å². The fourth-order valence-electron chi connectivity index (χ4n) is 3.51. The van der Waals surface area contributed by atoms with E-state index in [1.165, 1.54) is 31.6 Å². The summed E-state index contributed by atoms with van der Waals surface area (Å²) in [5, 5.41) is 22.0. The predicted octanol–water partition coefficient (Wildman–Crippen LogP) is 2.07. The largest absolute Gasteiger partial charge is 0.494 e. The van der Waals surface area contributed by atoms with Gasteiger partial charge in [0.2, 0.25) is 11.8 Å². The monoisotopic (exact) mass is 427 g/mol. The fourth-order valence-corrected chi connectivity index (χ4v) is 3.51. The van der Waals surface area contributed by atoms with Crippen molar-refractivity contribution < 1.29 is 19.0 Å². The first-order chi connectivity index (χ1) is 15.1. The number of aryl methyl sites for hydroxylation is 1. The van der Waals surface area contributed by atoms with Crippen LogP contribution < -0.4 is 20.3 Å². The second kappa shape index (κ2) is 8.76. The Morgan fingerprint density at radius 2 is 1.94 bits per heavy atom. The van der Waals surface area contributed by atoms with Crippen molar-refractivity contribution in [3.63, 3.8) is 0 Å². The minimum atomic E-state index is -0.631. The normalized spacial score (nSPS) is 13.4.